The van der Waals surface area contributed by atoms with Crippen molar-refractivity contribution in [3.8, 4) is 0 Å². The van der Waals surface area contributed by atoms with Crippen molar-refractivity contribution < 1.29 is 33.4 Å². The van der Waals surface area contributed by atoms with Crippen molar-refractivity contribution in [3.05, 3.63) is 48.5 Å². The summed E-state index contributed by atoms with van der Waals surface area (Å²) in [5, 5.41) is 12.2. The molecule has 0 aliphatic carbocycles. The predicted octanol–water partition coefficient (Wildman–Crippen LogP) is 1.59. The van der Waals surface area contributed by atoms with E-state index in [-0.39, 0.29) is 35.6 Å². The van der Waals surface area contributed by atoms with Crippen molar-refractivity contribution in [2.45, 2.75) is 44.4 Å². The highest BCUT2D eigenvalue weighted by molar-refractivity contribution is 6.06. The van der Waals surface area contributed by atoms with Crippen molar-refractivity contribution in [2.24, 2.45) is 0 Å². The van der Waals surface area contributed by atoms with Crippen LogP contribution >= 0.6 is 0 Å². The number of nitrogens with zero attached hydrogens (tertiary/aromatic N) is 4. The van der Waals surface area contributed by atoms with Gasteiger partial charge in [0.2, 0.25) is 0 Å². The number of aliphatic hydroxyl groups excluding tert-OH is 1. The van der Waals surface area contributed by atoms with Gasteiger partial charge >= 0.3 is 5.97 Å². The predicted molar refractivity (Wildman–Crippen MR) is 115 cm³/mol. The van der Waals surface area contributed by atoms with E-state index in [2.05, 4.69) is 20.3 Å². The Kier molecular flexibility index (Phi) is 6.89. The summed E-state index contributed by atoms with van der Waals surface area (Å²) >= 11 is 0. The first-order chi connectivity index (χ1) is 16.4. The number of aliphatic hydroxyl groups is 1. The minimum Gasteiger partial charge on any atom is -0.454 e. The standard InChI is InChI=1S/C22H22FN5O6/c1-12(30)7-8-15(31)34-18-16(23)14(9-29)33-22(18)28-11-26-17-19(24-10-25-20(17)28)27-21(32)13-5-3-2-4-6-13/h2-6,10-11,14,16,18,22,29H,7-9H2,1H3,(H,24,25,27,32)/t14-,16?,18?,22-/m1/s1. The number of hydrogen-bond donors (Lipinski definition) is 2. The lowest BCUT2D eigenvalue weighted by Crippen LogP contribution is -2.34. The summed E-state index contributed by atoms with van der Waals surface area (Å²) in [7, 11) is 0. The number of nitrogens with one attached hydrogen (secondary N) is 1. The second-order valence-electron chi connectivity index (χ2n) is 7.72. The minimum atomic E-state index is -1.83. The molecule has 11 nitrogen and oxygen atoms in total. The summed E-state index contributed by atoms with van der Waals surface area (Å²) in [6, 6.07) is 8.50. The highest BCUT2D eigenvalue weighted by atomic mass is 19.1. The van der Waals surface area contributed by atoms with E-state index in [1.807, 2.05) is 0 Å². The molecule has 2 aromatic heterocycles. The van der Waals surface area contributed by atoms with Crippen molar-refractivity contribution in [2.75, 3.05) is 11.9 Å². The van der Waals surface area contributed by atoms with Crippen LogP contribution in [0.25, 0.3) is 11.2 Å². The number of hydrogen-bond acceptors (Lipinski definition) is 9. The maximum Gasteiger partial charge on any atom is 0.306 e. The number of rotatable bonds is 8. The number of carbonyl (C=O) groups is 3. The second kappa shape index (κ2) is 10.0. The Hall–Kier alpha value is -3.77. The van der Waals surface area contributed by atoms with Crippen LogP contribution in [0.5, 0.6) is 0 Å². The molecule has 178 valence electrons. The normalized spacial score (nSPS) is 22.0. The Morgan fingerprint density at radius 2 is 1.94 bits per heavy atom. The molecule has 3 aromatic rings. The molecule has 12 heteroatoms. The van der Waals surface area contributed by atoms with E-state index in [0.717, 1.165) is 0 Å². The van der Waals surface area contributed by atoms with Crippen LogP contribution in [0.3, 0.4) is 0 Å². The van der Waals surface area contributed by atoms with E-state index in [4.69, 9.17) is 9.47 Å². The Morgan fingerprint density at radius 3 is 2.65 bits per heavy atom. The van der Waals surface area contributed by atoms with Gasteiger partial charge in [-0.2, -0.15) is 0 Å². The molecule has 2 unspecified atom stereocenters. The topological polar surface area (TPSA) is 146 Å². The summed E-state index contributed by atoms with van der Waals surface area (Å²) in [5.74, 6) is -1.26. The number of alkyl halides is 1. The molecule has 0 radical (unpaired) electrons. The molecule has 4 rings (SSSR count). The minimum absolute atomic E-state index is 0.0385. The quantitative estimate of drug-likeness (QED) is 0.468. The number of fused-ring (bicyclic) bond motifs is 1. The van der Waals surface area contributed by atoms with Crippen LogP contribution in [0.1, 0.15) is 36.4 Å². The molecule has 1 saturated heterocycles. The molecule has 0 bridgehead atoms. The summed E-state index contributed by atoms with van der Waals surface area (Å²) in [6.45, 7) is 0.694. The zero-order valence-corrected chi connectivity index (χ0v) is 18.1. The molecule has 0 saturated carbocycles. The van der Waals surface area contributed by atoms with Crippen LogP contribution in [0.4, 0.5) is 10.2 Å². The van der Waals surface area contributed by atoms with E-state index in [1.165, 1.54) is 24.1 Å². The Bertz CT molecular complexity index is 1200. The zero-order chi connectivity index (χ0) is 24.2. The van der Waals surface area contributed by atoms with Gasteiger partial charge in [0.1, 0.15) is 18.2 Å². The highest BCUT2D eigenvalue weighted by Gasteiger charge is 2.49. The van der Waals surface area contributed by atoms with Gasteiger partial charge in [0.15, 0.2) is 35.5 Å². The first-order valence-corrected chi connectivity index (χ1v) is 10.5. The molecule has 1 amide bonds. The van der Waals surface area contributed by atoms with Gasteiger partial charge in [-0.25, -0.2) is 19.3 Å². The van der Waals surface area contributed by atoms with E-state index in [0.29, 0.717) is 5.56 Å². The number of halogens is 1. The molecule has 1 fully saturated rings. The maximum absolute atomic E-state index is 14.9. The Balaban J connectivity index is 1.61. The van der Waals surface area contributed by atoms with Gasteiger partial charge in [-0.15, -0.1) is 0 Å². The highest BCUT2D eigenvalue weighted by Crippen LogP contribution is 2.36. The molecule has 3 heterocycles. The Morgan fingerprint density at radius 1 is 1.18 bits per heavy atom. The molecular weight excluding hydrogens is 449 g/mol. The van der Waals surface area contributed by atoms with Gasteiger partial charge in [0.05, 0.1) is 19.4 Å². The maximum atomic E-state index is 14.9. The van der Waals surface area contributed by atoms with E-state index < -0.39 is 43.1 Å². The van der Waals surface area contributed by atoms with E-state index in [9.17, 15) is 23.9 Å². The van der Waals surface area contributed by atoms with Crippen molar-refractivity contribution in [3.63, 3.8) is 0 Å². The van der Waals surface area contributed by atoms with Crippen LogP contribution in [-0.2, 0) is 19.1 Å². The molecule has 1 aromatic carbocycles. The number of ether oxygens (including phenoxy) is 2. The number of aromatic nitrogens is 4. The first kappa shape index (κ1) is 23.4. The summed E-state index contributed by atoms with van der Waals surface area (Å²) in [5.41, 5.74) is 0.815. The van der Waals surface area contributed by atoms with Crippen LogP contribution in [0.15, 0.2) is 43.0 Å². The van der Waals surface area contributed by atoms with Gasteiger partial charge in [-0.3, -0.25) is 14.2 Å². The van der Waals surface area contributed by atoms with E-state index >= 15 is 0 Å². The number of carbonyl (C=O) groups excluding carboxylic acids is 3. The number of amides is 1. The van der Waals surface area contributed by atoms with Crippen LogP contribution < -0.4 is 5.32 Å². The lowest BCUT2D eigenvalue weighted by molar-refractivity contribution is -0.157. The fourth-order valence-electron chi connectivity index (χ4n) is 3.58. The second-order valence-corrected chi connectivity index (χ2v) is 7.72. The van der Waals surface area contributed by atoms with Crippen LogP contribution in [-0.4, -0.2) is 67.3 Å². The number of anilines is 1. The lowest BCUT2D eigenvalue weighted by atomic mass is 10.1. The molecule has 1 aliphatic rings. The molecule has 34 heavy (non-hydrogen) atoms. The Labute approximate surface area is 192 Å². The summed E-state index contributed by atoms with van der Waals surface area (Å²) < 4.78 is 27.2. The molecule has 0 spiro atoms. The van der Waals surface area contributed by atoms with Gasteiger partial charge < -0.3 is 24.7 Å². The summed E-state index contributed by atoms with van der Waals surface area (Å²) in [6.07, 6.45) is -3.43. The fraction of sp³-hybridized carbons (Fsp3) is 0.364. The fourth-order valence-corrected chi connectivity index (χ4v) is 3.58. The number of Topliss-reactive ketones (excluding diaryl/α,β-unsaturated/α-hetero) is 1. The smallest absolute Gasteiger partial charge is 0.306 e. The van der Waals surface area contributed by atoms with Crippen LogP contribution in [0, 0.1) is 0 Å². The SMILES string of the molecule is CC(=O)CCC(=O)OC1C(F)[C@@H](CO)O[C@H]1n1cnc2c(NC(=O)c3ccccc3)ncnc21. The van der Waals surface area contributed by atoms with Crippen molar-refractivity contribution >= 4 is 34.6 Å². The lowest BCUT2D eigenvalue weighted by Gasteiger charge is -2.21. The third-order valence-electron chi connectivity index (χ3n) is 5.29. The van der Waals surface area contributed by atoms with Crippen LogP contribution in [0.2, 0.25) is 0 Å². The van der Waals surface area contributed by atoms with Gasteiger partial charge in [-0.05, 0) is 19.1 Å². The van der Waals surface area contributed by atoms with Crippen molar-refractivity contribution in [1.29, 1.82) is 0 Å². The van der Waals surface area contributed by atoms with Gasteiger partial charge in [-0.1, -0.05) is 18.2 Å². The third kappa shape index (κ3) is 4.77. The molecule has 2 N–H and O–H groups in total. The first-order valence-electron chi connectivity index (χ1n) is 10.5. The summed E-state index contributed by atoms with van der Waals surface area (Å²) in [4.78, 5) is 48.3. The largest absolute Gasteiger partial charge is 0.454 e. The monoisotopic (exact) mass is 471 g/mol. The average Bonchev–Trinajstić information content (AvgIpc) is 3.40. The van der Waals surface area contributed by atoms with Gasteiger partial charge in [0.25, 0.3) is 5.91 Å². The van der Waals surface area contributed by atoms with E-state index in [1.54, 1.807) is 30.3 Å². The molecule has 4 atom stereocenters. The average molecular weight is 471 g/mol. The number of benzene rings is 1. The molecule has 1 aliphatic heterocycles. The molecular formula is C22H22FN5O6. The number of ketones is 1. The number of imidazole rings is 1. The zero-order valence-electron chi connectivity index (χ0n) is 18.1. The van der Waals surface area contributed by atoms with Gasteiger partial charge in [0, 0.05) is 12.0 Å². The number of esters is 1. The van der Waals surface area contributed by atoms with Crippen molar-refractivity contribution in [1.82, 2.24) is 19.5 Å². The third-order valence-corrected chi connectivity index (χ3v) is 5.29.